The largest absolute Gasteiger partial charge is 0.371 e. The van der Waals surface area contributed by atoms with E-state index in [0.29, 0.717) is 6.04 Å². The maximum atomic E-state index is 4.28. The van der Waals surface area contributed by atoms with Gasteiger partial charge in [0.05, 0.1) is 0 Å². The fourth-order valence-electron chi connectivity index (χ4n) is 2.39. The molecule has 21 heavy (non-hydrogen) atoms. The molecule has 2 aromatic heterocycles. The summed E-state index contributed by atoms with van der Waals surface area (Å²) in [6, 6.07) is 6.93. The fraction of sp³-hybridized carbons (Fsp3) is 0.471. The van der Waals surface area contributed by atoms with Crippen molar-refractivity contribution in [2.75, 3.05) is 18.5 Å². The van der Waals surface area contributed by atoms with E-state index in [4.69, 9.17) is 0 Å². The van der Waals surface area contributed by atoms with E-state index in [9.17, 15) is 0 Å². The molecule has 2 rings (SSSR count). The second-order valence-electron chi connectivity index (χ2n) is 5.42. The van der Waals surface area contributed by atoms with Crippen molar-refractivity contribution in [3.8, 4) is 0 Å². The second-order valence-corrected chi connectivity index (χ2v) is 6.46. The van der Waals surface area contributed by atoms with Crippen LogP contribution in [-0.4, -0.2) is 24.6 Å². The molecule has 0 saturated heterocycles. The normalized spacial score (nSPS) is 12.3. The third-order valence-electron chi connectivity index (χ3n) is 3.74. The van der Waals surface area contributed by atoms with Crippen LogP contribution in [0.3, 0.4) is 0 Å². The first-order valence-electron chi connectivity index (χ1n) is 7.61. The lowest BCUT2D eigenvalue weighted by molar-refractivity contribution is 0.657. The van der Waals surface area contributed by atoms with Gasteiger partial charge in [-0.15, -0.1) is 11.3 Å². The van der Waals surface area contributed by atoms with Gasteiger partial charge in [-0.05, 0) is 37.4 Å². The third kappa shape index (κ3) is 4.55. The molecule has 0 amide bonds. The zero-order chi connectivity index (χ0) is 15.1. The first-order chi connectivity index (χ1) is 10.2. The molecule has 0 aliphatic rings. The van der Waals surface area contributed by atoms with Gasteiger partial charge in [0, 0.05) is 54.6 Å². The standard InChI is InChI=1S/C17H25N3S/c1-4-8-18-12-15-13-19-9-7-17(15)20(3)14(2)11-16-6-5-10-21-16/h5-7,9-10,13-14,18H,4,8,11-12H2,1-3H3. The van der Waals surface area contributed by atoms with Crippen LogP contribution in [0.1, 0.15) is 30.7 Å². The van der Waals surface area contributed by atoms with Crippen molar-refractivity contribution >= 4 is 17.0 Å². The van der Waals surface area contributed by atoms with Gasteiger partial charge in [-0.25, -0.2) is 0 Å². The molecule has 4 heteroatoms. The average Bonchev–Trinajstić information content (AvgIpc) is 3.00. The van der Waals surface area contributed by atoms with Crippen LogP contribution < -0.4 is 10.2 Å². The molecule has 1 atom stereocenters. The summed E-state index contributed by atoms with van der Waals surface area (Å²) in [7, 11) is 2.18. The Morgan fingerprint density at radius 1 is 1.38 bits per heavy atom. The summed E-state index contributed by atoms with van der Waals surface area (Å²) in [5, 5.41) is 5.61. The van der Waals surface area contributed by atoms with Crippen molar-refractivity contribution in [1.82, 2.24) is 10.3 Å². The van der Waals surface area contributed by atoms with E-state index in [1.807, 2.05) is 23.7 Å². The van der Waals surface area contributed by atoms with E-state index in [0.717, 1.165) is 25.9 Å². The number of thiophene rings is 1. The van der Waals surface area contributed by atoms with Gasteiger partial charge in [0.25, 0.3) is 0 Å². The number of anilines is 1. The van der Waals surface area contributed by atoms with E-state index < -0.39 is 0 Å². The molecule has 2 heterocycles. The minimum absolute atomic E-state index is 0.468. The summed E-state index contributed by atoms with van der Waals surface area (Å²) in [6.45, 7) is 6.39. The van der Waals surface area contributed by atoms with Crippen LogP contribution in [0.25, 0.3) is 0 Å². The van der Waals surface area contributed by atoms with Crippen LogP contribution in [0.2, 0.25) is 0 Å². The molecule has 0 saturated carbocycles. The highest BCUT2D eigenvalue weighted by molar-refractivity contribution is 7.09. The highest BCUT2D eigenvalue weighted by Crippen LogP contribution is 2.22. The Morgan fingerprint density at radius 2 is 2.24 bits per heavy atom. The van der Waals surface area contributed by atoms with Crippen LogP contribution in [0, 0.1) is 0 Å². The van der Waals surface area contributed by atoms with Gasteiger partial charge < -0.3 is 10.2 Å². The summed E-state index contributed by atoms with van der Waals surface area (Å²) in [5.41, 5.74) is 2.55. The van der Waals surface area contributed by atoms with Gasteiger partial charge in [-0.1, -0.05) is 13.0 Å². The summed E-state index contributed by atoms with van der Waals surface area (Å²) >= 11 is 1.83. The molecule has 0 aliphatic heterocycles. The summed E-state index contributed by atoms with van der Waals surface area (Å²) in [4.78, 5) is 8.08. The fourth-order valence-corrected chi connectivity index (χ4v) is 3.22. The Hall–Kier alpha value is -1.39. The zero-order valence-electron chi connectivity index (χ0n) is 13.2. The van der Waals surface area contributed by atoms with Crippen molar-refractivity contribution in [2.24, 2.45) is 0 Å². The first kappa shape index (κ1) is 16.0. The smallest absolute Gasteiger partial charge is 0.0442 e. The number of hydrogen-bond acceptors (Lipinski definition) is 4. The van der Waals surface area contributed by atoms with Crippen molar-refractivity contribution in [2.45, 2.75) is 39.3 Å². The van der Waals surface area contributed by atoms with E-state index in [-0.39, 0.29) is 0 Å². The summed E-state index contributed by atoms with van der Waals surface area (Å²) in [6.07, 6.45) is 6.10. The molecular weight excluding hydrogens is 278 g/mol. The molecule has 2 aromatic rings. The maximum Gasteiger partial charge on any atom is 0.0442 e. The lowest BCUT2D eigenvalue weighted by atomic mass is 10.1. The molecule has 1 N–H and O–H groups in total. The van der Waals surface area contributed by atoms with Crippen LogP contribution in [0.5, 0.6) is 0 Å². The van der Waals surface area contributed by atoms with Crippen molar-refractivity contribution in [3.05, 3.63) is 46.4 Å². The Bertz CT molecular complexity index is 525. The number of pyridine rings is 1. The van der Waals surface area contributed by atoms with Crippen molar-refractivity contribution < 1.29 is 0 Å². The zero-order valence-corrected chi connectivity index (χ0v) is 14.0. The van der Waals surface area contributed by atoms with Gasteiger partial charge in [-0.2, -0.15) is 0 Å². The minimum Gasteiger partial charge on any atom is -0.371 e. The molecule has 0 aromatic carbocycles. The molecule has 3 nitrogen and oxygen atoms in total. The van der Waals surface area contributed by atoms with E-state index in [1.165, 1.54) is 16.1 Å². The Balaban J connectivity index is 2.05. The topological polar surface area (TPSA) is 28.2 Å². The van der Waals surface area contributed by atoms with Gasteiger partial charge in [0.2, 0.25) is 0 Å². The number of rotatable bonds is 8. The van der Waals surface area contributed by atoms with Crippen molar-refractivity contribution in [1.29, 1.82) is 0 Å². The Labute approximate surface area is 132 Å². The van der Waals surface area contributed by atoms with Gasteiger partial charge in [-0.3, -0.25) is 4.98 Å². The van der Waals surface area contributed by atoms with Crippen LogP contribution >= 0.6 is 11.3 Å². The first-order valence-corrected chi connectivity index (χ1v) is 8.49. The lowest BCUT2D eigenvalue weighted by Gasteiger charge is -2.28. The molecule has 0 spiro atoms. The van der Waals surface area contributed by atoms with Gasteiger partial charge >= 0.3 is 0 Å². The lowest BCUT2D eigenvalue weighted by Crippen LogP contribution is -2.32. The third-order valence-corrected chi connectivity index (χ3v) is 4.64. The SMILES string of the molecule is CCCNCc1cnccc1N(C)C(C)Cc1cccs1. The number of hydrogen-bond donors (Lipinski definition) is 1. The highest BCUT2D eigenvalue weighted by atomic mass is 32.1. The van der Waals surface area contributed by atoms with Crippen molar-refractivity contribution in [3.63, 3.8) is 0 Å². The second kappa shape index (κ2) is 8.15. The number of nitrogens with zero attached hydrogens (tertiary/aromatic N) is 2. The molecule has 0 bridgehead atoms. The molecule has 0 fully saturated rings. The van der Waals surface area contributed by atoms with Crippen LogP contribution in [-0.2, 0) is 13.0 Å². The van der Waals surface area contributed by atoms with Crippen LogP contribution in [0.15, 0.2) is 36.0 Å². The monoisotopic (exact) mass is 303 g/mol. The minimum atomic E-state index is 0.468. The molecule has 0 aliphatic carbocycles. The molecular formula is C17H25N3S. The number of likely N-dealkylation sites (N-methyl/N-ethyl adjacent to an activating group) is 1. The molecule has 1 unspecified atom stereocenters. The Morgan fingerprint density at radius 3 is 2.95 bits per heavy atom. The quantitative estimate of drug-likeness (QED) is 0.754. The maximum absolute atomic E-state index is 4.28. The van der Waals surface area contributed by atoms with Crippen LogP contribution in [0.4, 0.5) is 5.69 Å². The average molecular weight is 303 g/mol. The predicted octanol–water partition coefficient (Wildman–Crippen LogP) is 3.71. The highest BCUT2D eigenvalue weighted by Gasteiger charge is 2.14. The van der Waals surface area contributed by atoms with Gasteiger partial charge in [0.15, 0.2) is 0 Å². The van der Waals surface area contributed by atoms with Gasteiger partial charge in [0.1, 0.15) is 0 Å². The predicted molar refractivity (Wildman–Crippen MR) is 92.1 cm³/mol. The van der Waals surface area contributed by atoms with E-state index in [1.54, 1.807) is 0 Å². The number of aromatic nitrogens is 1. The molecule has 114 valence electrons. The van der Waals surface area contributed by atoms with E-state index in [2.05, 4.69) is 59.7 Å². The number of nitrogens with one attached hydrogen (secondary N) is 1. The summed E-state index contributed by atoms with van der Waals surface area (Å²) in [5.74, 6) is 0. The van der Waals surface area contributed by atoms with E-state index >= 15 is 0 Å². The summed E-state index contributed by atoms with van der Waals surface area (Å²) < 4.78 is 0. The Kier molecular flexibility index (Phi) is 6.21. The molecule has 0 radical (unpaired) electrons.